The molecule has 0 unspecified atom stereocenters. The van der Waals surface area contributed by atoms with E-state index >= 15 is 0 Å². The predicted octanol–water partition coefficient (Wildman–Crippen LogP) is 4.34. The zero-order valence-electron chi connectivity index (χ0n) is 8.14. The van der Waals surface area contributed by atoms with Crippen molar-refractivity contribution in [1.29, 1.82) is 0 Å². The molecule has 0 N–H and O–H groups in total. The van der Waals surface area contributed by atoms with E-state index in [1.807, 2.05) is 0 Å². The quantitative estimate of drug-likeness (QED) is 0.576. The summed E-state index contributed by atoms with van der Waals surface area (Å²) in [5, 5.41) is 0. The molecule has 1 radical (unpaired) electrons. The second-order valence-corrected chi connectivity index (χ2v) is 8.37. The van der Waals surface area contributed by atoms with E-state index in [9.17, 15) is 0 Å². The molecule has 3 heteroatoms. The third-order valence-electron chi connectivity index (χ3n) is 2.15. The Balaban J connectivity index is 0.000000293. The molecule has 0 aromatic heterocycles. The first-order chi connectivity index (χ1) is 6.69. The van der Waals surface area contributed by atoms with Crippen LogP contribution in [0.1, 0.15) is 23.6 Å². The van der Waals surface area contributed by atoms with Crippen molar-refractivity contribution in [3.8, 4) is 0 Å². The van der Waals surface area contributed by atoms with Crippen molar-refractivity contribution in [3.63, 3.8) is 0 Å². The van der Waals surface area contributed by atoms with Crippen LogP contribution in [0.15, 0.2) is 24.3 Å². The molecule has 0 atom stereocenters. The van der Waals surface area contributed by atoms with Crippen LogP contribution in [0.4, 0.5) is 0 Å². The molecule has 1 aliphatic carbocycles. The number of halogens is 2. The minimum atomic E-state index is -0.972. The van der Waals surface area contributed by atoms with Crippen molar-refractivity contribution >= 4 is 22.7 Å². The molecule has 1 aromatic rings. The summed E-state index contributed by atoms with van der Waals surface area (Å²) in [6.45, 7) is 4.29. The maximum atomic E-state index is 4.96. The third kappa shape index (κ3) is 3.22. The molecular weight excluding hydrogens is 382 g/mol. The molecule has 2 rings (SSSR count). The van der Waals surface area contributed by atoms with Gasteiger partial charge in [-0.1, -0.05) is 29.8 Å². The summed E-state index contributed by atoms with van der Waals surface area (Å²) in [5.74, 6) is 0. The van der Waals surface area contributed by atoms with Crippen LogP contribution in [0.3, 0.4) is 0 Å². The summed E-state index contributed by atoms with van der Waals surface area (Å²) in [5.41, 5.74) is 5.47. The van der Waals surface area contributed by atoms with Gasteiger partial charge in [-0.15, -0.1) is 0 Å². The van der Waals surface area contributed by atoms with Crippen LogP contribution < -0.4 is 0 Å². The van der Waals surface area contributed by atoms with Gasteiger partial charge in [-0.2, -0.15) is 0 Å². The Kier molecular flexibility index (Phi) is 5.43. The van der Waals surface area contributed by atoms with Crippen LogP contribution in [-0.2, 0) is 20.5 Å². The molecule has 0 bridgehead atoms. The zero-order valence-corrected chi connectivity index (χ0v) is 13.2. The average molecular weight is 393 g/mol. The van der Waals surface area contributed by atoms with Gasteiger partial charge >= 0.3 is 37.7 Å². The Morgan fingerprint density at radius 1 is 1.14 bits per heavy atom. The second kappa shape index (κ2) is 6.09. The minimum absolute atomic E-state index is 0.972. The summed E-state index contributed by atoms with van der Waals surface area (Å²) in [6.07, 6.45) is 4.34. The molecule has 14 heavy (non-hydrogen) atoms. The van der Waals surface area contributed by atoms with Gasteiger partial charge < -0.3 is 0 Å². The molecule has 73 valence electrons. The number of hydrogen-bond acceptors (Lipinski definition) is 0. The zero-order chi connectivity index (χ0) is 10.6. The fraction of sp³-hybridized carbons (Fsp3) is 0.182. The normalized spacial score (nSPS) is 12.4. The van der Waals surface area contributed by atoms with Crippen LogP contribution in [0.5, 0.6) is 0 Å². The van der Waals surface area contributed by atoms with E-state index in [1.165, 1.54) is 22.3 Å². The van der Waals surface area contributed by atoms with E-state index in [0.717, 1.165) is 0 Å². The van der Waals surface area contributed by atoms with E-state index < -0.39 is 20.5 Å². The first-order valence-electron chi connectivity index (χ1n) is 4.28. The fourth-order valence-corrected chi connectivity index (χ4v) is 1.46. The molecule has 0 heterocycles. The predicted molar refractivity (Wildman–Crippen MR) is 59.9 cm³/mol. The van der Waals surface area contributed by atoms with Crippen molar-refractivity contribution in [2.45, 2.75) is 13.8 Å². The summed E-state index contributed by atoms with van der Waals surface area (Å²) >= 11 is -0.972. The Hall–Kier alpha value is 0.410. The molecule has 0 aliphatic heterocycles. The molecule has 1 aromatic carbocycles. The topological polar surface area (TPSA) is 0 Å². The van der Waals surface area contributed by atoms with Crippen LogP contribution in [0.25, 0.3) is 5.57 Å². The standard InChI is InChI=1S/C11H11.2ClH.Hf/c1-8-3-5-10-6-4-9(2)11(10)7-8;;;/h3-7H,1-2H3;2*1H;/q;;;+2/p-2. The molecule has 0 saturated heterocycles. The van der Waals surface area contributed by atoms with Gasteiger partial charge in [0.05, 0.1) is 0 Å². The number of benzene rings is 1. The molecule has 0 amide bonds. The number of fused-ring (bicyclic) bond motifs is 1. The van der Waals surface area contributed by atoms with Gasteiger partial charge in [-0.3, -0.25) is 0 Å². The third-order valence-corrected chi connectivity index (χ3v) is 2.15. The SMILES string of the molecule is CC1=C[CH]c2ccc(C)cc21.[Cl][Hf][Cl]. The summed E-state index contributed by atoms with van der Waals surface area (Å²) in [7, 11) is 9.92. The van der Waals surface area contributed by atoms with Crippen molar-refractivity contribution in [3.05, 3.63) is 47.4 Å². The number of hydrogen-bond donors (Lipinski definition) is 0. The van der Waals surface area contributed by atoms with Crippen LogP contribution in [0, 0.1) is 13.3 Å². The number of aryl methyl sites for hydroxylation is 1. The van der Waals surface area contributed by atoms with Crippen molar-refractivity contribution < 1.29 is 20.5 Å². The molecule has 0 spiro atoms. The van der Waals surface area contributed by atoms with Gasteiger partial charge in [0, 0.05) is 6.42 Å². The molecule has 0 fully saturated rings. The molecule has 1 aliphatic rings. The van der Waals surface area contributed by atoms with Crippen LogP contribution >= 0.6 is 17.2 Å². The molecule has 0 saturated carbocycles. The van der Waals surface area contributed by atoms with Gasteiger partial charge in [0.2, 0.25) is 0 Å². The van der Waals surface area contributed by atoms with Crippen molar-refractivity contribution in [2.24, 2.45) is 0 Å². The summed E-state index contributed by atoms with van der Waals surface area (Å²) in [4.78, 5) is 0. The first-order valence-corrected chi connectivity index (χ1v) is 13.2. The monoisotopic (exact) mass is 393 g/mol. The van der Waals surface area contributed by atoms with Gasteiger partial charge in [-0.25, -0.2) is 0 Å². The van der Waals surface area contributed by atoms with Crippen LogP contribution in [0.2, 0.25) is 0 Å². The Labute approximate surface area is 104 Å². The average Bonchev–Trinajstić information content (AvgIpc) is 2.49. The van der Waals surface area contributed by atoms with Crippen molar-refractivity contribution in [2.75, 3.05) is 0 Å². The number of rotatable bonds is 0. The first kappa shape index (κ1) is 12.5. The maximum absolute atomic E-state index is 4.96. The van der Waals surface area contributed by atoms with E-state index in [-0.39, 0.29) is 0 Å². The number of allylic oxidation sites excluding steroid dienone is 2. The fourth-order valence-electron chi connectivity index (χ4n) is 1.46. The molecule has 0 nitrogen and oxygen atoms in total. The van der Waals surface area contributed by atoms with Gasteiger partial charge in [0.1, 0.15) is 0 Å². The van der Waals surface area contributed by atoms with Gasteiger partial charge in [0.25, 0.3) is 0 Å². The summed E-state index contributed by atoms with van der Waals surface area (Å²) < 4.78 is 0. The van der Waals surface area contributed by atoms with E-state index in [2.05, 4.69) is 44.5 Å². The van der Waals surface area contributed by atoms with Gasteiger partial charge in [0.15, 0.2) is 0 Å². The molecular formula is C11H11Cl2Hf. The van der Waals surface area contributed by atoms with Crippen molar-refractivity contribution in [1.82, 2.24) is 0 Å². The Morgan fingerprint density at radius 3 is 2.43 bits per heavy atom. The Morgan fingerprint density at radius 2 is 1.79 bits per heavy atom. The van der Waals surface area contributed by atoms with E-state index in [1.54, 1.807) is 0 Å². The second-order valence-electron chi connectivity index (χ2n) is 3.18. The summed E-state index contributed by atoms with van der Waals surface area (Å²) in [6, 6.07) is 6.57. The van der Waals surface area contributed by atoms with E-state index in [4.69, 9.17) is 17.2 Å². The Bertz CT molecular complexity index is 345. The van der Waals surface area contributed by atoms with Crippen LogP contribution in [-0.4, -0.2) is 0 Å². The van der Waals surface area contributed by atoms with E-state index in [0.29, 0.717) is 0 Å². The van der Waals surface area contributed by atoms with Gasteiger partial charge in [-0.05, 0) is 30.5 Å².